The maximum absolute atomic E-state index is 14.6. The lowest BCUT2D eigenvalue weighted by Gasteiger charge is -2.32. The molecule has 0 spiro atoms. The van der Waals surface area contributed by atoms with E-state index in [0.29, 0.717) is 38.8 Å². The standard InChI is InChI=1S/C38H51N5O8S/c1-2-27-20-38(27,36(47)41-52(49,50)29-17-18-29)40-34(45)31-19-28-22-43(31)35(46)33(25-12-8-9-13-25)39-32(44)16-7-5-3-4-6-11-24-14-10-15-26-21-42(23-30(24)26)37(48)51-28/h2,10,14-15,25,27-29,31,33H,1,3-9,11-13,16-23H2,(H,39,44)(H,40,45)(H,41,47)/t27-,28-,31+,33+,38-/m1/s1. The summed E-state index contributed by atoms with van der Waals surface area (Å²) >= 11 is 0. The van der Waals surface area contributed by atoms with Gasteiger partial charge in [-0.05, 0) is 74.0 Å². The van der Waals surface area contributed by atoms with Crippen LogP contribution < -0.4 is 15.4 Å². The van der Waals surface area contributed by atoms with Crippen molar-refractivity contribution in [1.82, 2.24) is 25.2 Å². The van der Waals surface area contributed by atoms with Gasteiger partial charge in [-0.15, -0.1) is 6.58 Å². The molecular formula is C38H51N5O8S. The average Bonchev–Trinajstić information content (AvgIpc) is 3.90. The molecule has 3 aliphatic carbocycles. The smallest absolute Gasteiger partial charge is 0.410 e. The van der Waals surface area contributed by atoms with Gasteiger partial charge >= 0.3 is 6.09 Å². The Hall–Kier alpha value is -3.94. The second kappa shape index (κ2) is 14.8. The Bertz CT molecular complexity index is 1720. The van der Waals surface area contributed by atoms with Gasteiger partial charge in [0.25, 0.3) is 5.91 Å². The molecule has 3 aliphatic heterocycles. The van der Waals surface area contributed by atoms with E-state index in [1.54, 1.807) is 4.90 Å². The number of carbonyl (C=O) groups excluding carboxylic acids is 5. The Morgan fingerprint density at radius 3 is 2.37 bits per heavy atom. The molecular weight excluding hydrogens is 687 g/mol. The largest absolute Gasteiger partial charge is 0.444 e. The third-order valence-electron chi connectivity index (χ3n) is 12.0. The van der Waals surface area contributed by atoms with Crippen LogP contribution in [-0.2, 0) is 53.4 Å². The SMILES string of the molecule is C=C[C@@H]1C[C@]1(NC(=O)[C@@H]1C[C@@H]2CN1C(=O)[C@H](C1CCCC1)NC(=O)CCCCCCCc1cccc3c1CN(C3)C(=O)O2)C(=O)NS(=O)(=O)C1CC1. The number of ether oxygens (including phenoxy) is 1. The van der Waals surface area contributed by atoms with E-state index in [0.717, 1.165) is 68.9 Å². The molecule has 13 nitrogen and oxygen atoms in total. The van der Waals surface area contributed by atoms with E-state index in [-0.39, 0.29) is 31.2 Å². The molecule has 14 heteroatoms. The number of nitrogens with zero attached hydrogens (tertiary/aromatic N) is 2. The molecule has 3 heterocycles. The molecule has 7 rings (SSSR count). The highest BCUT2D eigenvalue weighted by Crippen LogP contribution is 2.45. The third-order valence-corrected chi connectivity index (χ3v) is 13.8. The van der Waals surface area contributed by atoms with Crippen LogP contribution in [0.3, 0.4) is 0 Å². The summed E-state index contributed by atoms with van der Waals surface area (Å²) in [6.45, 7) is 4.54. The summed E-state index contributed by atoms with van der Waals surface area (Å²) in [7, 11) is -3.88. The first-order valence-electron chi connectivity index (χ1n) is 19.1. The van der Waals surface area contributed by atoms with E-state index in [9.17, 15) is 32.4 Å². The Morgan fingerprint density at radius 2 is 1.65 bits per heavy atom. The number of nitrogens with one attached hydrogen (secondary N) is 3. The van der Waals surface area contributed by atoms with Crippen molar-refractivity contribution < 1.29 is 37.1 Å². The van der Waals surface area contributed by atoms with Gasteiger partial charge in [-0.3, -0.25) is 28.8 Å². The summed E-state index contributed by atoms with van der Waals surface area (Å²) in [5.41, 5.74) is 1.90. The maximum Gasteiger partial charge on any atom is 0.410 e. The van der Waals surface area contributed by atoms with Gasteiger partial charge in [0.2, 0.25) is 27.7 Å². The molecule has 3 saturated carbocycles. The van der Waals surface area contributed by atoms with Gasteiger partial charge in [-0.25, -0.2) is 13.2 Å². The number of hydrogen-bond donors (Lipinski definition) is 3. The number of amides is 5. The number of fused-ring (bicyclic) bond motifs is 3. The summed E-state index contributed by atoms with van der Waals surface area (Å²) in [6.07, 6.45) is 10.5. The van der Waals surface area contributed by atoms with E-state index in [4.69, 9.17) is 4.74 Å². The van der Waals surface area contributed by atoms with Crippen LogP contribution in [0.2, 0.25) is 0 Å². The highest BCUT2D eigenvalue weighted by molar-refractivity contribution is 7.91. The van der Waals surface area contributed by atoms with Gasteiger partial charge in [-0.1, -0.05) is 56.4 Å². The lowest BCUT2D eigenvalue weighted by Crippen LogP contribution is -2.59. The van der Waals surface area contributed by atoms with Crippen molar-refractivity contribution in [2.75, 3.05) is 6.54 Å². The Morgan fingerprint density at radius 1 is 0.942 bits per heavy atom. The quantitative estimate of drug-likeness (QED) is 0.358. The van der Waals surface area contributed by atoms with Crippen LogP contribution in [0.4, 0.5) is 4.79 Å². The minimum atomic E-state index is -3.88. The highest BCUT2D eigenvalue weighted by Gasteiger charge is 2.62. The van der Waals surface area contributed by atoms with Gasteiger partial charge in [0.1, 0.15) is 23.7 Å². The predicted molar refractivity (Wildman–Crippen MR) is 191 cm³/mol. The van der Waals surface area contributed by atoms with Gasteiger partial charge in [0.05, 0.1) is 11.8 Å². The molecule has 5 atom stereocenters. The van der Waals surface area contributed by atoms with Gasteiger partial charge in [0.15, 0.2) is 0 Å². The van der Waals surface area contributed by atoms with Crippen molar-refractivity contribution in [2.45, 2.75) is 138 Å². The average molecular weight is 738 g/mol. The number of aryl methyl sites for hydroxylation is 1. The molecule has 4 bridgehead atoms. The second-order valence-electron chi connectivity index (χ2n) is 15.7. The van der Waals surface area contributed by atoms with Crippen molar-refractivity contribution >= 4 is 39.7 Å². The van der Waals surface area contributed by atoms with Crippen LogP contribution in [0.5, 0.6) is 0 Å². The lowest BCUT2D eigenvalue weighted by molar-refractivity contribution is -0.143. The van der Waals surface area contributed by atoms with Crippen LogP contribution in [0.15, 0.2) is 30.9 Å². The van der Waals surface area contributed by atoms with Crippen LogP contribution in [0.25, 0.3) is 0 Å². The number of rotatable bonds is 7. The van der Waals surface area contributed by atoms with Crippen LogP contribution >= 0.6 is 0 Å². The van der Waals surface area contributed by atoms with E-state index < -0.39 is 68.7 Å². The van der Waals surface area contributed by atoms with Crippen LogP contribution in [-0.4, -0.2) is 83.5 Å². The molecule has 3 N–H and O–H groups in total. The molecule has 282 valence electrons. The molecule has 52 heavy (non-hydrogen) atoms. The lowest BCUT2D eigenvalue weighted by atomic mass is 9.95. The first-order valence-corrected chi connectivity index (χ1v) is 20.7. The van der Waals surface area contributed by atoms with Crippen LogP contribution in [0, 0.1) is 11.8 Å². The van der Waals surface area contributed by atoms with E-state index >= 15 is 0 Å². The fraction of sp³-hybridized carbons (Fsp3) is 0.658. The molecule has 0 unspecified atom stereocenters. The number of benzene rings is 1. The maximum atomic E-state index is 14.6. The Labute approximate surface area is 305 Å². The fourth-order valence-corrected chi connectivity index (χ4v) is 10.1. The monoisotopic (exact) mass is 737 g/mol. The molecule has 0 aromatic heterocycles. The van der Waals surface area contributed by atoms with Crippen molar-refractivity contribution in [1.29, 1.82) is 0 Å². The number of carbonyl (C=O) groups is 5. The van der Waals surface area contributed by atoms with Crippen molar-refractivity contribution in [3.8, 4) is 0 Å². The molecule has 1 saturated heterocycles. The normalized spacial score (nSPS) is 30.3. The molecule has 4 fully saturated rings. The second-order valence-corrected chi connectivity index (χ2v) is 17.7. The Balaban J connectivity index is 1.15. The molecule has 5 amide bonds. The number of hydrogen-bond acceptors (Lipinski definition) is 8. The topological polar surface area (TPSA) is 171 Å². The van der Waals surface area contributed by atoms with Crippen molar-refractivity contribution in [3.05, 3.63) is 47.5 Å². The summed E-state index contributed by atoms with van der Waals surface area (Å²) in [5.74, 6) is -2.71. The van der Waals surface area contributed by atoms with E-state index in [2.05, 4.69) is 28.0 Å². The third kappa shape index (κ3) is 7.58. The van der Waals surface area contributed by atoms with E-state index in [1.807, 2.05) is 12.1 Å². The zero-order valence-corrected chi connectivity index (χ0v) is 30.6. The molecule has 6 aliphatic rings. The van der Waals surface area contributed by atoms with Gasteiger partial charge in [0, 0.05) is 31.8 Å². The summed E-state index contributed by atoms with van der Waals surface area (Å²) in [4.78, 5) is 72.2. The van der Waals surface area contributed by atoms with Crippen molar-refractivity contribution in [2.24, 2.45) is 11.8 Å². The minimum absolute atomic E-state index is 0.0164. The molecule has 1 aromatic carbocycles. The zero-order valence-electron chi connectivity index (χ0n) is 29.8. The van der Waals surface area contributed by atoms with Gasteiger partial charge in [-0.2, -0.15) is 0 Å². The highest BCUT2D eigenvalue weighted by atomic mass is 32.2. The fourth-order valence-electron chi connectivity index (χ4n) is 8.69. The molecule has 0 radical (unpaired) electrons. The van der Waals surface area contributed by atoms with Crippen LogP contribution in [0.1, 0.15) is 107 Å². The summed E-state index contributed by atoms with van der Waals surface area (Å²) in [5, 5.41) is 5.19. The van der Waals surface area contributed by atoms with E-state index in [1.165, 1.54) is 16.5 Å². The van der Waals surface area contributed by atoms with Gasteiger partial charge < -0.3 is 20.3 Å². The summed E-state index contributed by atoms with van der Waals surface area (Å²) < 4.78 is 33.6. The predicted octanol–water partition coefficient (Wildman–Crippen LogP) is 3.35. The Kier molecular flexibility index (Phi) is 10.4. The summed E-state index contributed by atoms with van der Waals surface area (Å²) in [6, 6.07) is 4.19. The first-order chi connectivity index (χ1) is 25.0. The molecule has 1 aromatic rings. The first kappa shape index (κ1) is 36.4. The minimum Gasteiger partial charge on any atom is -0.444 e. The number of sulfonamides is 1. The zero-order chi connectivity index (χ0) is 36.6. The van der Waals surface area contributed by atoms with Crippen molar-refractivity contribution in [3.63, 3.8) is 0 Å².